The third kappa shape index (κ3) is 2.71. The van der Waals surface area contributed by atoms with E-state index < -0.39 is 17.2 Å². The summed E-state index contributed by atoms with van der Waals surface area (Å²) in [5.41, 5.74) is 0.188. The second-order valence-electron chi connectivity index (χ2n) is 5.52. The number of fused-ring (bicyclic) bond motifs is 1. The van der Waals surface area contributed by atoms with Crippen LogP contribution in [-0.4, -0.2) is 26.7 Å². The van der Waals surface area contributed by atoms with E-state index in [1.807, 2.05) is 30.3 Å². The number of rotatable bonds is 4. The lowest BCUT2D eigenvalue weighted by atomic mass is 10.2. The Balaban J connectivity index is 2.32. The first kappa shape index (κ1) is 16.6. The highest BCUT2D eigenvalue weighted by atomic mass is 16.5. The molecular weight excluding hydrogens is 324 g/mol. The van der Waals surface area contributed by atoms with Crippen LogP contribution in [0.4, 0.5) is 11.5 Å². The number of H-pyrrole nitrogens is 1. The van der Waals surface area contributed by atoms with Crippen LogP contribution < -0.4 is 16.6 Å². The number of esters is 1. The molecule has 0 saturated carbocycles. The van der Waals surface area contributed by atoms with Crippen LogP contribution >= 0.6 is 0 Å². The van der Waals surface area contributed by atoms with E-state index in [2.05, 4.69) is 10.3 Å². The third-order valence-electron chi connectivity index (χ3n) is 3.92. The summed E-state index contributed by atoms with van der Waals surface area (Å²) in [4.78, 5) is 40.1. The van der Waals surface area contributed by atoms with Gasteiger partial charge in [-0.1, -0.05) is 18.2 Å². The van der Waals surface area contributed by atoms with Crippen molar-refractivity contribution in [1.29, 1.82) is 0 Å². The topological polar surface area (TPSA) is 98.1 Å². The zero-order valence-corrected chi connectivity index (χ0v) is 14.1. The van der Waals surface area contributed by atoms with Crippen LogP contribution in [0.1, 0.15) is 17.3 Å². The average molecular weight is 342 g/mol. The Morgan fingerprint density at radius 2 is 1.84 bits per heavy atom. The smallest absolute Gasteiger partial charge is 0.344 e. The van der Waals surface area contributed by atoms with E-state index in [-0.39, 0.29) is 23.2 Å². The number of hydrogen-bond donors (Lipinski definition) is 2. The van der Waals surface area contributed by atoms with Gasteiger partial charge in [0.15, 0.2) is 0 Å². The van der Waals surface area contributed by atoms with Crippen LogP contribution in [-0.2, 0) is 18.8 Å². The van der Waals surface area contributed by atoms with E-state index >= 15 is 0 Å². The number of ether oxygens (including phenoxy) is 1. The number of carbonyl (C=O) groups excluding carboxylic acids is 1. The highest BCUT2D eigenvalue weighted by Gasteiger charge is 2.25. The molecule has 8 nitrogen and oxygen atoms in total. The standard InChI is InChI=1S/C17H18N4O4/c1-4-25-16(23)11-13-12(15(22)21(3)17(24)20(13)2)19-14(11)18-10-8-6-5-7-9-10/h5-9,18-19H,4H2,1-3H3. The molecule has 0 aliphatic rings. The molecule has 8 heteroatoms. The Hall–Kier alpha value is -3.29. The Morgan fingerprint density at radius 3 is 2.48 bits per heavy atom. The fourth-order valence-corrected chi connectivity index (χ4v) is 2.72. The van der Waals surface area contributed by atoms with Crippen LogP contribution in [0.2, 0.25) is 0 Å². The summed E-state index contributed by atoms with van der Waals surface area (Å²) < 4.78 is 7.36. The molecule has 0 fully saturated rings. The molecule has 2 N–H and O–H groups in total. The SMILES string of the molecule is CCOC(=O)c1c(Nc2ccccc2)[nH]c2c(=O)n(C)c(=O)n(C)c12. The fourth-order valence-electron chi connectivity index (χ4n) is 2.72. The summed E-state index contributed by atoms with van der Waals surface area (Å²) in [5.74, 6) is -0.312. The van der Waals surface area contributed by atoms with Gasteiger partial charge in [-0.15, -0.1) is 0 Å². The molecule has 0 bridgehead atoms. The lowest BCUT2D eigenvalue weighted by Gasteiger charge is -2.08. The fraction of sp³-hybridized carbons (Fsp3) is 0.235. The van der Waals surface area contributed by atoms with Gasteiger partial charge in [0.2, 0.25) is 0 Å². The van der Waals surface area contributed by atoms with Crippen molar-refractivity contribution < 1.29 is 9.53 Å². The van der Waals surface area contributed by atoms with Crippen molar-refractivity contribution in [3.05, 3.63) is 56.7 Å². The van der Waals surface area contributed by atoms with Crippen LogP contribution in [0.3, 0.4) is 0 Å². The quantitative estimate of drug-likeness (QED) is 0.700. The molecule has 0 aliphatic heterocycles. The highest BCUT2D eigenvalue weighted by Crippen LogP contribution is 2.27. The van der Waals surface area contributed by atoms with E-state index in [1.54, 1.807) is 6.92 Å². The van der Waals surface area contributed by atoms with Gasteiger partial charge in [0.1, 0.15) is 16.9 Å². The molecule has 2 aromatic heterocycles. The number of aromatic nitrogens is 3. The highest BCUT2D eigenvalue weighted by molar-refractivity contribution is 6.08. The van der Waals surface area contributed by atoms with E-state index in [0.717, 1.165) is 10.3 Å². The van der Waals surface area contributed by atoms with Crippen LogP contribution in [0, 0.1) is 0 Å². The Bertz CT molecular complexity index is 1060. The van der Waals surface area contributed by atoms with Gasteiger partial charge in [-0.3, -0.25) is 13.9 Å². The number of anilines is 2. The van der Waals surface area contributed by atoms with E-state index in [0.29, 0.717) is 5.82 Å². The molecule has 130 valence electrons. The summed E-state index contributed by atoms with van der Waals surface area (Å²) in [5, 5.41) is 3.07. The Labute approximate surface area is 142 Å². The average Bonchev–Trinajstić information content (AvgIpc) is 2.98. The molecule has 2 heterocycles. The molecule has 0 atom stereocenters. The molecule has 0 spiro atoms. The zero-order valence-electron chi connectivity index (χ0n) is 14.1. The Morgan fingerprint density at radius 1 is 1.16 bits per heavy atom. The van der Waals surface area contributed by atoms with Gasteiger partial charge in [-0.05, 0) is 19.1 Å². The van der Waals surface area contributed by atoms with Crippen molar-refractivity contribution in [3.63, 3.8) is 0 Å². The second-order valence-corrected chi connectivity index (χ2v) is 5.52. The largest absolute Gasteiger partial charge is 0.462 e. The van der Waals surface area contributed by atoms with Gasteiger partial charge in [0, 0.05) is 19.8 Å². The van der Waals surface area contributed by atoms with Gasteiger partial charge >= 0.3 is 11.7 Å². The number of aryl methyl sites for hydroxylation is 1. The first-order valence-corrected chi connectivity index (χ1v) is 7.76. The molecular formula is C17H18N4O4. The molecule has 1 aromatic carbocycles. The summed E-state index contributed by atoms with van der Waals surface area (Å²) in [6, 6.07) is 9.17. The Kier molecular flexibility index (Phi) is 4.18. The number of nitrogens with zero attached hydrogens (tertiary/aromatic N) is 2. The van der Waals surface area contributed by atoms with Gasteiger partial charge in [-0.2, -0.15) is 0 Å². The summed E-state index contributed by atoms with van der Waals surface area (Å²) >= 11 is 0. The number of para-hydroxylation sites is 1. The summed E-state index contributed by atoms with van der Waals surface area (Å²) in [6.45, 7) is 1.87. The lowest BCUT2D eigenvalue weighted by Crippen LogP contribution is -2.37. The number of carbonyl (C=O) groups is 1. The molecule has 0 saturated heterocycles. The van der Waals surface area contributed by atoms with Gasteiger partial charge in [0.25, 0.3) is 5.56 Å². The molecule has 25 heavy (non-hydrogen) atoms. The van der Waals surface area contributed by atoms with Crippen molar-refractivity contribution in [2.75, 3.05) is 11.9 Å². The van der Waals surface area contributed by atoms with Gasteiger partial charge in [-0.25, -0.2) is 9.59 Å². The van der Waals surface area contributed by atoms with Gasteiger partial charge in [0.05, 0.1) is 12.1 Å². The van der Waals surface area contributed by atoms with Crippen LogP contribution in [0.5, 0.6) is 0 Å². The first-order chi connectivity index (χ1) is 12.0. The van der Waals surface area contributed by atoms with Crippen molar-refractivity contribution in [2.45, 2.75) is 6.92 Å². The minimum Gasteiger partial charge on any atom is -0.462 e. The maximum absolute atomic E-state index is 12.5. The molecule has 0 aliphatic carbocycles. The van der Waals surface area contributed by atoms with E-state index in [9.17, 15) is 14.4 Å². The molecule has 3 aromatic rings. The third-order valence-corrected chi connectivity index (χ3v) is 3.92. The minimum absolute atomic E-state index is 0.123. The lowest BCUT2D eigenvalue weighted by molar-refractivity contribution is 0.0529. The minimum atomic E-state index is -0.615. The zero-order chi connectivity index (χ0) is 18.1. The summed E-state index contributed by atoms with van der Waals surface area (Å²) in [7, 11) is 2.90. The molecule has 0 amide bonds. The number of nitrogens with one attached hydrogen (secondary N) is 2. The summed E-state index contributed by atoms with van der Waals surface area (Å²) in [6.07, 6.45) is 0. The predicted octanol–water partition coefficient (Wildman–Crippen LogP) is 1.49. The monoisotopic (exact) mass is 342 g/mol. The number of aromatic amines is 1. The van der Waals surface area contributed by atoms with E-state index in [1.165, 1.54) is 18.7 Å². The maximum Gasteiger partial charge on any atom is 0.344 e. The number of benzene rings is 1. The van der Waals surface area contributed by atoms with Gasteiger partial charge < -0.3 is 15.0 Å². The molecule has 0 radical (unpaired) electrons. The van der Waals surface area contributed by atoms with Crippen LogP contribution in [0.25, 0.3) is 11.0 Å². The van der Waals surface area contributed by atoms with E-state index in [4.69, 9.17) is 4.74 Å². The first-order valence-electron chi connectivity index (χ1n) is 7.76. The maximum atomic E-state index is 12.5. The second kappa shape index (κ2) is 6.31. The van der Waals surface area contributed by atoms with Crippen molar-refractivity contribution >= 4 is 28.5 Å². The normalized spacial score (nSPS) is 10.8. The molecule has 0 unspecified atom stereocenters. The van der Waals surface area contributed by atoms with Crippen molar-refractivity contribution in [1.82, 2.24) is 14.1 Å². The van der Waals surface area contributed by atoms with Crippen molar-refractivity contribution in [2.24, 2.45) is 14.1 Å². The molecule has 3 rings (SSSR count). The number of hydrogen-bond acceptors (Lipinski definition) is 5. The van der Waals surface area contributed by atoms with Crippen molar-refractivity contribution in [3.8, 4) is 0 Å². The van der Waals surface area contributed by atoms with Crippen LogP contribution in [0.15, 0.2) is 39.9 Å². The predicted molar refractivity (Wildman–Crippen MR) is 94.5 cm³/mol.